The van der Waals surface area contributed by atoms with Gasteiger partial charge in [0.15, 0.2) is 0 Å². The van der Waals surface area contributed by atoms with Crippen molar-refractivity contribution in [3.63, 3.8) is 0 Å². The van der Waals surface area contributed by atoms with E-state index in [4.69, 9.17) is 4.74 Å². The molecule has 1 saturated carbocycles. The Kier molecular flexibility index (Phi) is 2.88. The summed E-state index contributed by atoms with van der Waals surface area (Å²) >= 11 is 0. The van der Waals surface area contributed by atoms with Gasteiger partial charge in [0.25, 0.3) is 0 Å². The van der Waals surface area contributed by atoms with Gasteiger partial charge >= 0.3 is 5.97 Å². The third-order valence-corrected chi connectivity index (χ3v) is 1.80. The summed E-state index contributed by atoms with van der Waals surface area (Å²) < 4.78 is 5.12. The van der Waals surface area contributed by atoms with E-state index in [1.165, 1.54) is 6.42 Å². The van der Waals surface area contributed by atoms with Crippen molar-refractivity contribution in [2.45, 2.75) is 25.4 Å². The van der Waals surface area contributed by atoms with E-state index >= 15 is 0 Å². The van der Waals surface area contributed by atoms with Gasteiger partial charge in [0.2, 0.25) is 0 Å². The van der Waals surface area contributed by atoms with Gasteiger partial charge in [-0.1, -0.05) is 0 Å². The van der Waals surface area contributed by atoms with Crippen LogP contribution < -0.4 is 0 Å². The largest absolute Gasteiger partial charge is 0.461 e. The van der Waals surface area contributed by atoms with Crippen LogP contribution in [0.4, 0.5) is 0 Å². The Morgan fingerprint density at radius 2 is 2.18 bits per heavy atom. The third-order valence-electron chi connectivity index (χ3n) is 1.80. The average molecular weight is 157 g/mol. The third kappa shape index (κ3) is 2.89. The summed E-state index contributed by atoms with van der Waals surface area (Å²) in [6.45, 7) is 0.399. The normalized spacial score (nSPS) is 18.1. The molecule has 0 amide bonds. The molecular weight excluding hydrogens is 142 g/mol. The number of carbonyl (C=O) groups excluding carboxylic acids is 1. The molecule has 0 aliphatic heterocycles. The van der Waals surface area contributed by atoms with Crippen LogP contribution in [0.3, 0.4) is 0 Å². The van der Waals surface area contributed by atoms with Crippen molar-refractivity contribution >= 4 is 5.97 Å². The van der Waals surface area contributed by atoms with Gasteiger partial charge in [0.1, 0.15) is 6.10 Å². The van der Waals surface area contributed by atoms with Crippen molar-refractivity contribution in [3.8, 4) is 0 Å². The van der Waals surface area contributed by atoms with Crippen LogP contribution in [0, 0.1) is 0 Å². The molecule has 1 aliphatic rings. The Labute approximate surface area is 67.3 Å². The monoisotopic (exact) mass is 157 g/mol. The number of esters is 1. The number of hydrogen-bond acceptors (Lipinski definition) is 3. The molecule has 0 unspecified atom stereocenters. The smallest absolute Gasteiger partial charge is 0.320 e. The lowest BCUT2D eigenvalue weighted by molar-refractivity contribution is -0.153. The molecule has 0 bridgehead atoms. The minimum Gasteiger partial charge on any atom is -0.461 e. The van der Waals surface area contributed by atoms with E-state index in [1.807, 2.05) is 19.0 Å². The van der Waals surface area contributed by atoms with Crippen LogP contribution in [0.1, 0.15) is 19.3 Å². The van der Waals surface area contributed by atoms with Crippen LogP contribution in [-0.4, -0.2) is 37.6 Å². The predicted octanol–water partition coefficient (Wildman–Crippen LogP) is 0.644. The van der Waals surface area contributed by atoms with Gasteiger partial charge in [-0.3, -0.25) is 9.69 Å². The first-order valence-corrected chi connectivity index (χ1v) is 4.02. The number of ether oxygens (including phenoxy) is 1. The van der Waals surface area contributed by atoms with Crippen LogP contribution >= 0.6 is 0 Å². The van der Waals surface area contributed by atoms with E-state index in [1.54, 1.807) is 0 Å². The van der Waals surface area contributed by atoms with Crippen molar-refractivity contribution in [3.05, 3.63) is 0 Å². The van der Waals surface area contributed by atoms with Crippen molar-refractivity contribution in [2.24, 2.45) is 0 Å². The number of nitrogens with zero attached hydrogens (tertiary/aromatic N) is 1. The van der Waals surface area contributed by atoms with Crippen LogP contribution in [0.25, 0.3) is 0 Å². The Bertz CT molecular complexity index is 141. The minimum absolute atomic E-state index is 0.0975. The van der Waals surface area contributed by atoms with Gasteiger partial charge in [-0.15, -0.1) is 0 Å². The molecule has 3 heteroatoms. The van der Waals surface area contributed by atoms with E-state index in [2.05, 4.69) is 0 Å². The van der Waals surface area contributed by atoms with E-state index in [9.17, 15) is 4.79 Å². The van der Waals surface area contributed by atoms with Crippen LogP contribution in [0.5, 0.6) is 0 Å². The molecule has 1 aliphatic carbocycles. The topological polar surface area (TPSA) is 29.5 Å². The number of rotatable bonds is 3. The molecule has 3 nitrogen and oxygen atoms in total. The fraction of sp³-hybridized carbons (Fsp3) is 0.875. The van der Waals surface area contributed by atoms with Gasteiger partial charge in [0, 0.05) is 0 Å². The van der Waals surface area contributed by atoms with Gasteiger partial charge in [-0.25, -0.2) is 0 Å². The number of likely N-dealkylation sites (N-methyl/N-ethyl adjacent to an activating group) is 1. The lowest BCUT2D eigenvalue weighted by Gasteiger charge is -2.25. The molecule has 11 heavy (non-hydrogen) atoms. The first-order valence-electron chi connectivity index (χ1n) is 4.02. The molecule has 0 N–H and O–H groups in total. The lowest BCUT2D eigenvalue weighted by atomic mass is 9.96. The Balaban J connectivity index is 2.09. The lowest BCUT2D eigenvalue weighted by Crippen LogP contribution is -2.30. The maximum absolute atomic E-state index is 11.0. The second-order valence-corrected chi connectivity index (χ2v) is 3.28. The minimum atomic E-state index is -0.0975. The quantitative estimate of drug-likeness (QED) is 0.563. The summed E-state index contributed by atoms with van der Waals surface area (Å²) in [5.74, 6) is -0.0975. The highest BCUT2D eigenvalue weighted by atomic mass is 16.5. The predicted molar refractivity (Wildman–Crippen MR) is 42.3 cm³/mol. The van der Waals surface area contributed by atoms with Gasteiger partial charge in [-0.2, -0.15) is 0 Å². The molecular formula is C8H15NO2. The van der Waals surface area contributed by atoms with Crippen LogP contribution in [-0.2, 0) is 9.53 Å². The highest BCUT2D eigenvalue weighted by Crippen LogP contribution is 2.21. The summed E-state index contributed by atoms with van der Waals surface area (Å²) in [7, 11) is 3.73. The molecule has 0 atom stereocenters. The summed E-state index contributed by atoms with van der Waals surface area (Å²) in [5, 5.41) is 0. The highest BCUT2D eigenvalue weighted by Gasteiger charge is 2.21. The number of hydrogen-bond donors (Lipinski definition) is 0. The molecule has 0 spiro atoms. The Hall–Kier alpha value is -0.570. The summed E-state index contributed by atoms with van der Waals surface area (Å²) in [6.07, 6.45) is 3.54. The van der Waals surface area contributed by atoms with Crippen molar-refractivity contribution in [1.82, 2.24) is 4.90 Å². The Morgan fingerprint density at radius 1 is 1.55 bits per heavy atom. The van der Waals surface area contributed by atoms with Gasteiger partial charge in [0.05, 0.1) is 6.54 Å². The van der Waals surface area contributed by atoms with Crippen molar-refractivity contribution < 1.29 is 9.53 Å². The Morgan fingerprint density at radius 3 is 2.55 bits per heavy atom. The highest BCUT2D eigenvalue weighted by molar-refractivity contribution is 5.71. The van der Waals surface area contributed by atoms with E-state index in [-0.39, 0.29) is 12.1 Å². The summed E-state index contributed by atoms with van der Waals surface area (Å²) in [4.78, 5) is 12.8. The SMILES string of the molecule is CN(C)CC(=O)OC1CCC1. The zero-order valence-electron chi connectivity index (χ0n) is 7.17. The summed E-state index contributed by atoms with van der Waals surface area (Å²) in [5.41, 5.74) is 0. The zero-order chi connectivity index (χ0) is 8.27. The molecule has 0 aromatic carbocycles. The van der Waals surface area contributed by atoms with Gasteiger partial charge < -0.3 is 4.74 Å². The second-order valence-electron chi connectivity index (χ2n) is 3.28. The summed E-state index contributed by atoms with van der Waals surface area (Å²) in [6, 6.07) is 0. The molecule has 0 saturated heterocycles. The molecule has 0 heterocycles. The van der Waals surface area contributed by atoms with Crippen LogP contribution in [0.2, 0.25) is 0 Å². The standard InChI is InChI=1S/C8H15NO2/c1-9(2)6-8(10)11-7-4-3-5-7/h7H,3-6H2,1-2H3. The fourth-order valence-corrected chi connectivity index (χ4v) is 0.970. The molecule has 0 aromatic heterocycles. The van der Waals surface area contributed by atoms with E-state index < -0.39 is 0 Å². The average Bonchev–Trinajstić information content (AvgIpc) is 1.77. The molecule has 0 aromatic rings. The second kappa shape index (κ2) is 3.72. The maximum atomic E-state index is 11.0. The maximum Gasteiger partial charge on any atom is 0.320 e. The van der Waals surface area contributed by atoms with Gasteiger partial charge in [-0.05, 0) is 33.4 Å². The fourth-order valence-electron chi connectivity index (χ4n) is 0.970. The van der Waals surface area contributed by atoms with E-state index in [0.29, 0.717) is 6.54 Å². The molecule has 0 radical (unpaired) electrons. The zero-order valence-corrected chi connectivity index (χ0v) is 7.17. The van der Waals surface area contributed by atoms with E-state index in [0.717, 1.165) is 12.8 Å². The molecule has 64 valence electrons. The number of carbonyl (C=O) groups is 1. The first kappa shape index (κ1) is 8.53. The van der Waals surface area contributed by atoms with Crippen molar-refractivity contribution in [1.29, 1.82) is 0 Å². The molecule has 1 rings (SSSR count). The van der Waals surface area contributed by atoms with Crippen LogP contribution in [0.15, 0.2) is 0 Å². The molecule has 1 fully saturated rings. The first-order chi connectivity index (χ1) is 5.18. The van der Waals surface area contributed by atoms with Crippen molar-refractivity contribution in [2.75, 3.05) is 20.6 Å².